The van der Waals surface area contributed by atoms with E-state index in [-0.39, 0.29) is 18.2 Å². The Balaban J connectivity index is 2.00. The van der Waals surface area contributed by atoms with E-state index in [1.54, 1.807) is 17.0 Å². The number of carbonyl (C=O) groups is 2. The van der Waals surface area contributed by atoms with Crippen LogP contribution in [-0.4, -0.2) is 28.3 Å². The lowest BCUT2D eigenvalue weighted by atomic mass is 9.99. The van der Waals surface area contributed by atoms with Gasteiger partial charge in [0.2, 0.25) is 11.8 Å². The Morgan fingerprint density at radius 1 is 0.912 bits per heavy atom. The van der Waals surface area contributed by atoms with E-state index in [2.05, 4.69) is 5.32 Å². The van der Waals surface area contributed by atoms with Gasteiger partial charge in [0.25, 0.3) is 0 Å². The molecule has 0 aliphatic rings. The first-order chi connectivity index (χ1) is 16.1. The average Bonchev–Trinajstić information content (AvgIpc) is 2.77. The Bertz CT molecular complexity index is 1120. The molecule has 0 fully saturated rings. The van der Waals surface area contributed by atoms with Gasteiger partial charge in [0.15, 0.2) is 0 Å². The number of halogens is 1. The summed E-state index contributed by atoms with van der Waals surface area (Å²) in [7, 11) is 0. The van der Waals surface area contributed by atoms with Crippen molar-refractivity contribution in [2.24, 2.45) is 0 Å². The highest BCUT2D eigenvalue weighted by Crippen LogP contribution is 2.20. The van der Waals surface area contributed by atoms with Crippen molar-refractivity contribution < 1.29 is 9.59 Å². The molecule has 0 unspecified atom stereocenters. The van der Waals surface area contributed by atoms with E-state index in [9.17, 15) is 9.59 Å². The van der Waals surface area contributed by atoms with Crippen molar-refractivity contribution in [3.05, 3.63) is 106 Å². The van der Waals surface area contributed by atoms with Gasteiger partial charge in [-0.2, -0.15) is 0 Å². The standard InChI is InChI=1S/C29H33ClN2O2/c1-21-11-8-9-15-24(21)20-32(27(33)19-23-14-10-16-25(30)17-23)26(28(34)31-29(2,3)4)18-22-12-6-5-7-13-22/h5-17,26H,18-20H2,1-4H3,(H,31,34)/t26-/m0/s1. The lowest BCUT2D eigenvalue weighted by Gasteiger charge is -2.34. The maximum Gasteiger partial charge on any atom is 0.243 e. The van der Waals surface area contributed by atoms with Crippen LogP contribution in [-0.2, 0) is 29.0 Å². The first kappa shape index (κ1) is 25.5. The molecular formula is C29H33ClN2O2. The van der Waals surface area contributed by atoms with Crippen molar-refractivity contribution in [3.63, 3.8) is 0 Å². The number of hydrogen-bond donors (Lipinski definition) is 1. The Morgan fingerprint density at radius 2 is 1.56 bits per heavy atom. The quantitative estimate of drug-likeness (QED) is 0.450. The molecule has 1 atom stereocenters. The molecule has 2 amide bonds. The number of amides is 2. The van der Waals surface area contributed by atoms with Crippen molar-refractivity contribution in [2.75, 3.05) is 0 Å². The minimum absolute atomic E-state index is 0.115. The molecule has 3 aromatic rings. The van der Waals surface area contributed by atoms with Gasteiger partial charge in [-0.15, -0.1) is 0 Å². The van der Waals surface area contributed by atoms with Crippen molar-refractivity contribution >= 4 is 23.4 Å². The van der Waals surface area contributed by atoms with Crippen molar-refractivity contribution in [1.82, 2.24) is 10.2 Å². The molecule has 34 heavy (non-hydrogen) atoms. The third kappa shape index (κ3) is 7.46. The molecule has 0 bridgehead atoms. The lowest BCUT2D eigenvalue weighted by Crippen LogP contribution is -2.54. The summed E-state index contributed by atoms with van der Waals surface area (Å²) in [5.41, 5.74) is 3.50. The first-order valence-corrected chi connectivity index (χ1v) is 11.9. The van der Waals surface area contributed by atoms with Crippen LogP contribution in [0, 0.1) is 6.92 Å². The Hall–Kier alpha value is -3.11. The van der Waals surface area contributed by atoms with Gasteiger partial charge in [0.1, 0.15) is 6.04 Å². The second-order valence-corrected chi connectivity index (χ2v) is 10.1. The van der Waals surface area contributed by atoms with Gasteiger partial charge in [-0.05, 0) is 62.1 Å². The summed E-state index contributed by atoms with van der Waals surface area (Å²) < 4.78 is 0. The highest BCUT2D eigenvalue weighted by atomic mass is 35.5. The van der Waals surface area contributed by atoms with Gasteiger partial charge in [-0.3, -0.25) is 9.59 Å². The molecule has 5 heteroatoms. The number of hydrogen-bond acceptors (Lipinski definition) is 2. The number of rotatable bonds is 8. The summed E-state index contributed by atoms with van der Waals surface area (Å²) in [5, 5.41) is 3.68. The van der Waals surface area contributed by atoms with Gasteiger partial charge < -0.3 is 10.2 Å². The number of carbonyl (C=O) groups excluding carboxylic acids is 2. The predicted octanol–water partition coefficient (Wildman–Crippen LogP) is 5.75. The van der Waals surface area contributed by atoms with E-state index >= 15 is 0 Å². The second-order valence-electron chi connectivity index (χ2n) is 9.70. The van der Waals surface area contributed by atoms with E-state index in [1.165, 1.54) is 0 Å². The first-order valence-electron chi connectivity index (χ1n) is 11.6. The zero-order valence-electron chi connectivity index (χ0n) is 20.3. The molecule has 0 saturated heterocycles. The molecule has 0 saturated carbocycles. The van der Waals surface area contributed by atoms with Gasteiger partial charge in [-0.25, -0.2) is 0 Å². The van der Waals surface area contributed by atoms with Crippen LogP contribution in [0.1, 0.15) is 43.0 Å². The van der Waals surface area contributed by atoms with E-state index in [4.69, 9.17) is 11.6 Å². The van der Waals surface area contributed by atoms with Crippen molar-refractivity contribution in [1.29, 1.82) is 0 Å². The fourth-order valence-corrected chi connectivity index (χ4v) is 4.11. The normalized spacial score (nSPS) is 12.1. The molecule has 0 aliphatic heterocycles. The molecule has 4 nitrogen and oxygen atoms in total. The van der Waals surface area contributed by atoms with E-state index in [0.717, 1.165) is 22.3 Å². The number of nitrogens with one attached hydrogen (secondary N) is 1. The Morgan fingerprint density at radius 3 is 2.21 bits per heavy atom. The number of aryl methyl sites for hydroxylation is 1. The molecular weight excluding hydrogens is 444 g/mol. The molecule has 1 N–H and O–H groups in total. The SMILES string of the molecule is Cc1ccccc1CN(C(=O)Cc1cccc(Cl)c1)[C@@H](Cc1ccccc1)C(=O)NC(C)(C)C. The third-order valence-corrected chi connectivity index (χ3v) is 5.85. The van der Waals surface area contributed by atoms with Crippen LogP contribution in [0.3, 0.4) is 0 Å². The van der Waals surface area contributed by atoms with Gasteiger partial charge >= 0.3 is 0 Å². The lowest BCUT2D eigenvalue weighted by molar-refractivity contribution is -0.141. The summed E-state index contributed by atoms with van der Waals surface area (Å²) in [5.74, 6) is -0.278. The van der Waals surface area contributed by atoms with Crippen molar-refractivity contribution in [2.45, 2.75) is 58.7 Å². The Kier molecular flexibility index (Phi) is 8.51. The fraction of sp³-hybridized carbons (Fsp3) is 0.310. The number of benzene rings is 3. The zero-order chi connectivity index (χ0) is 24.7. The second kappa shape index (κ2) is 11.3. The summed E-state index contributed by atoms with van der Waals surface area (Å²) in [4.78, 5) is 29.0. The average molecular weight is 477 g/mol. The van der Waals surface area contributed by atoms with Crippen LogP contribution in [0.2, 0.25) is 5.02 Å². The maximum absolute atomic E-state index is 13.7. The van der Waals surface area contributed by atoms with Crippen LogP contribution < -0.4 is 5.32 Å². The van der Waals surface area contributed by atoms with Crippen LogP contribution in [0.4, 0.5) is 0 Å². The topological polar surface area (TPSA) is 49.4 Å². The van der Waals surface area contributed by atoms with Crippen LogP contribution in [0.5, 0.6) is 0 Å². The third-order valence-electron chi connectivity index (χ3n) is 5.62. The summed E-state index contributed by atoms with van der Waals surface area (Å²) in [6.07, 6.45) is 0.594. The zero-order valence-corrected chi connectivity index (χ0v) is 21.1. The van der Waals surface area contributed by atoms with Crippen LogP contribution in [0.15, 0.2) is 78.9 Å². The fourth-order valence-electron chi connectivity index (χ4n) is 3.90. The largest absolute Gasteiger partial charge is 0.350 e. The van der Waals surface area contributed by atoms with Gasteiger partial charge in [0, 0.05) is 23.5 Å². The molecule has 0 spiro atoms. The van der Waals surface area contributed by atoms with Gasteiger partial charge in [-0.1, -0.05) is 78.3 Å². The summed E-state index contributed by atoms with van der Waals surface area (Å²) in [6, 6.07) is 24.5. The van der Waals surface area contributed by atoms with E-state index in [0.29, 0.717) is 18.0 Å². The molecule has 0 radical (unpaired) electrons. The predicted molar refractivity (Wildman–Crippen MR) is 139 cm³/mol. The minimum atomic E-state index is -0.659. The van der Waals surface area contributed by atoms with E-state index < -0.39 is 11.6 Å². The van der Waals surface area contributed by atoms with Crippen LogP contribution >= 0.6 is 11.6 Å². The Labute approximate surface area is 207 Å². The summed E-state index contributed by atoms with van der Waals surface area (Å²) >= 11 is 6.16. The van der Waals surface area contributed by atoms with Crippen LogP contribution in [0.25, 0.3) is 0 Å². The monoisotopic (exact) mass is 476 g/mol. The molecule has 0 aromatic heterocycles. The molecule has 3 rings (SSSR count). The minimum Gasteiger partial charge on any atom is -0.350 e. The molecule has 3 aromatic carbocycles. The number of nitrogens with zero attached hydrogens (tertiary/aromatic N) is 1. The van der Waals surface area contributed by atoms with E-state index in [1.807, 2.05) is 94.4 Å². The molecule has 0 aliphatic carbocycles. The van der Waals surface area contributed by atoms with Crippen molar-refractivity contribution in [3.8, 4) is 0 Å². The highest BCUT2D eigenvalue weighted by Gasteiger charge is 2.32. The highest BCUT2D eigenvalue weighted by molar-refractivity contribution is 6.30. The summed E-state index contributed by atoms with van der Waals surface area (Å²) in [6.45, 7) is 8.22. The smallest absolute Gasteiger partial charge is 0.243 e. The van der Waals surface area contributed by atoms with Gasteiger partial charge in [0.05, 0.1) is 6.42 Å². The maximum atomic E-state index is 13.7. The molecule has 178 valence electrons. The molecule has 0 heterocycles.